The number of carboxylic acids is 1. The van der Waals surface area contributed by atoms with Crippen molar-refractivity contribution in [1.82, 2.24) is 0 Å². The fourth-order valence-corrected chi connectivity index (χ4v) is 4.38. The maximum atomic E-state index is 9.60. The van der Waals surface area contributed by atoms with E-state index in [0.717, 1.165) is 0 Å². The van der Waals surface area contributed by atoms with Crippen LogP contribution in [0.15, 0.2) is 91.0 Å². The average Bonchev–Trinajstić information content (AvgIpc) is 2.79. The smallest absolute Gasteiger partial charge is 0.330 e. The number of carbonyl (C=O) groups is 1. The van der Waals surface area contributed by atoms with Gasteiger partial charge in [0.2, 0.25) is 0 Å². The summed E-state index contributed by atoms with van der Waals surface area (Å²) in [5.74, 6) is -0.272. The Morgan fingerprint density at radius 1 is 0.867 bits per heavy atom. The van der Waals surface area contributed by atoms with Crippen LogP contribution in [0, 0.1) is 0 Å². The van der Waals surface area contributed by atoms with Gasteiger partial charge in [0.15, 0.2) is 0 Å². The van der Waals surface area contributed by atoms with Gasteiger partial charge in [0.25, 0.3) is 0 Å². The molecule has 5 rings (SSSR count). The number of aryl methyl sites for hydroxylation is 1. The molecule has 0 radical (unpaired) electrons. The summed E-state index contributed by atoms with van der Waals surface area (Å²) in [5.41, 5.74) is 4.78. The normalized spacial score (nSPS) is 15.2. The molecule has 0 saturated carbocycles. The largest absolute Gasteiger partial charge is 0.478 e. The van der Waals surface area contributed by atoms with Gasteiger partial charge in [-0.25, -0.2) is 4.79 Å². The molecule has 0 amide bonds. The molecule has 0 saturated heterocycles. The summed E-state index contributed by atoms with van der Waals surface area (Å²) in [6, 6.07) is 29.1. The second-order valence-corrected chi connectivity index (χ2v) is 8.02. The van der Waals surface area contributed by atoms with Crippen molar-refractivity contribution >= 4 is 27.5 Å². The van der Waals surface area contributed by atoms with E-state index in [9.17, 15) is 4.79 Å². The Kier molecular flexibility index (Phi) is 5.67. The molecule has 2 nitrogen and oxygen atoms in total. The van der Waals surface area contributed by atoms with Crippen LogP contribution in [-0.4, -0.2) is 11.1 Å². The highest BCUT2D eigenvalue weighted by molar-refractivity contribution is 6.08. The molecule has 4 aromatic carbocycles. The lowest BCUT2D eigenvalue weighted by Crippen LogP contribution is -2.13. The molecule has 2 heteroatoms. The molecule has 0 spiro atoms. The second-order valence-electron chi connectivity index (χ2n) is 8.02. The highest BCUT2D eigenvalue weighted by Crippen LogP contribution is 2.37. The summed E-state index contributed by atoms with van der Waals surface area (Å²) in [5, 5.41) is 13.5. The van der Waals surface area contributed by atoms with Crippen molar-refractivity contribution < 1.29 is 9.90 Å². The number of carboxylic acid groups (broad SMARTS) is 1. The first-order chi connectivity index (χ1) is 14.5. The number of fused-ring (bicyclic) bond motifs is 5. The summed E-state index contributed by atoms with van der Waals surface area (Å²) >= 11 is 0. The quantitative estimate of drug-likeness (QED) is 0.296. The van der Waals surface area contributed by atoms with Gasteiger partial charge in [-0.1, -0.05) is 85.4 Å². The minimum atomic E-state index is -0.935. The van der Waals surface area contributed by atoms with Gasteiger partial charge in [-0.3, -0.25) is 0 Å². The predicted molar refractivity (Wildman–Crippen MR) is 125 cm³/mol. The van der Waals surface area contributed by atoms with Gasteiger partial charge < -0.3 is 5.11 Å². The number of aliphatic carboxylic acids is 1. The summed E-state index contributed by atoms with van der Waals surface area (Å²) in [4.78, 5) is 9.60. The molecule has 0 aromatic heterocycles. The van der Waals surface area contributed by atoms with E-state index < -0.39 is 5.97 Å². The van der Waals surface area contributed by atoms with Crippen LogP contribution in [0.4, 0.5) is 0 Å². The standard InChI is InChI=1S/C24H20.C4H6O2/c1-2-6-17(7-3-1)19-11-13-22-20(16-19)12-15-23-21-9-5-4-8-18(21)10-14-24(22)23;1-3(2)4(5)6/h1-10,12,14-15,19H,11,13,16H2;1H2,2H3,(H,5,6). The van der Waals surface area contributed by atoms with Crippen LogP contribution in [0.2, 0.25) is 0 Å². The lowest BCUT2D eigenvalue weighted by molar-refractivity contribution is -0.132. The van der Waals surface area contributed by atoms with E-state index in [1.807, 2.05) is 0 Å². The zero-order chi connectivity index (χ0) is 21.1. The van der Waals surface area contributed by atoms with E-state index in [4.69, 9.17) is 5.11 Å². The Bertz CT molecular complexity index is 1210. The first-order valence-corrected chi connectivity index (χ1v) is 10.4. The number of hydrogen-bond acceptors (Lipinski definition) is 1. The fourth-order valence-electron chi connectivity index (χ4n) is 4.38. The van der Waals surface area contributed by atoms with Gasteiger partial charge in [-0.2, -0.15) is 0 Å². The first kappa shape index (κ1) is 19.9. The van der Waals surface area contributed by atoms with Crippen molar-refractivity contribution in [1.29, 1.82) is 0 Å². The minimum Gasteiger partial charge on any atom is -0.478 e. The van der Waals surface area contributed by atoms with E-state index in [1.165, 1.54) is 58.9 Å². The Morgan fingerprint density at radius 3 is 2.27 bits per heavy atom. The third-order valence-electron chi connectivity index (χ3n) is 5.98. The summed E-state index contributed by atoms with van der Waals surface area (Å²) in [7, 11) is 0. The third-order valence-corrected chi connectivity index (χ3v) is 5.98. The van der Waals surface area contributed by atoms with Crippen LogP contribution in [0.25, 0.3) is 21.5 Å². The number of hydrogen-bond donors (Lipinski definition) is 1. The summed E-state index contributed by atoms with van der Waals surface area (Å²) in [6.07, 6.45) is 3.61. The SMILES string of the molecule is C=C(C)C(=O)O.c1ccc(C2CCc3c(ccc4c3ccc3ccccc34)C2)cc1. The Balaban J connectivity index is 0.000000322. The lowest BCUT2D eigenvalue weighted by atomic mass is 9.78. The van der Waals surface area contributed by atoms with Gasteiger partial charge in [-0.15, -0.1) is 0 Å². The number of benzene rings is 4. The molecule has 1 aliphatic carbocycles. The molecule has 1 N–H and O–H groups in total. The molecule has 4 aromatic rings. The van der Waals surface area contributed by atoms with Crippen LogP contribution in [0.1, 0.15) is 36.0 Å². The Hall–Kier alpha value is -3.39. The zero-order valence-electron chi connectivity index (χ0n) is 17.3. The molecule has 0 bridgehead atoms. The van der Waals surface area contributed by atoms with Crippen LogP contribution >= 0.6 is 0 Å². The van der Waals surface area contributed by atoms with Gasteiger partial charge in [0.1, 0.15) is 0 Å². The van der Waals surface area contributed by atoms with Crippen molar-refractivity contribution in [3.63, 3.8) is 0 Å². The van der Waals surface area contributed by atoms with Crippen LogP contribution < -0.4 is 0 Å². The summed E-state index contributed by atoms with van der Waals surface area (Å²) < 4.78 is 0. The Morgan fingerprint density at radius 2 is 1.53 bits per heavy atom. The van der Waals surface area contributed by atoms with E-state index >= 15 is 0 Å². The van der Waals surface area contributed by atoms with Gasteiger partial charge >= 0.3 is 5.97 Å². The van der Waals surface area contributed by atoms with Crippen LogP contribution in [-0.2, 0) is 17.6 Å². The second kappa shape index (κ2) is 8.54. The highest BCUT2D eigenvalue weighted by Gasteiger charge is 2.21. The van der Waals surface area contributed by atoms with Crippen molar-refractivity contribution in [3.8, 4) is 0 Å². The van der Waals surface area contributed by atoms with E-state index in [0.29, 0.717) is 5.92 Å². The molecule has 30 heavy (non-hydrogen) atoms. The van der Waals surface area contributed by atoms with Gasteiger partial charge in [0, 0.05) is 5.57 Å². The summed E-state index contributed by atoms with van der Waals surface area (Å²) in [6.45, 7) is 4.60. The van der Waals surface area contributed by atoms with Crippen molar-refractivity contribution in [2.45, 2.75) is 32.1 Å². The van der Waals surface area contributed by atoms with E-state index in [2.05, 4.69) is 85.4 Å². The van der Waals surface area contributed by atoms with Crippen molar-refractivity contribution in [2.75, 3.05) is 0 Å². The maximum absolute atomic E-state index is 9.60. The third kappa shape index (κ3) is 3.99. The average molecular weight is 395 g/mol. The van der Waals surface area contributed by atoms with E-state index in [-0.39, 0.29) is 5.57 Å². The monoisotopic (exact) mass is 394 g/mol. The maximum Gasteiger partial charge on any atom is 0.330 e. The molecule has 150 valence electrons. The van der Waals surface area contributed by atoms with Gasteiger partial charge in [-0.05, 0) is 70.3 Å². The lowest BCUT2D eigenvalue weighted by Gasteiger charge is -2.26. The zero-order valence-corrected chi connectivity index (χ0v) is 17.3. The Labute approximate surface area is 177 Å². The first-order valence-electron chi connectivity index (χ1n) is 10.4. The molecule has 1 unspecified atom stereocenters. The van der Waals surface area contributed by atoms with E-state index in [1.54, 1.807) is 5.56 Å². The molecule has 0 heterocycles. The topological polar surface area (TPSA) is 37.3 Å². The molecular weight excluding hydrogens is 368 g/mol. The fraction of sp³-hybridized carbons (Fsp3) is 0.179. The molecule has 0 aliphatic heterocycles. The number of rotatable bonds is 2. The molecule has 0 fully saturated rings. The van der Waals surface area contributed by atoms with Crippen LogP contribution in [0.5, 0.6) is 0 Å². The van der Waals surface area contributed by atoms with Crippen molar-refractivity contribution in [2.24, 2.45) is 0 Å². The minimum absolute atomic E-state index is 0.176. The molecular formula is C28H26O2. The predicted octanol–water partition coefficient (Wildman–Crippen LogP) is 6.91. The van der Waals surface area contributed by atoms with Gasteiger partial charge in [0.05, 0.1) is 0 Å². The molecule has 1 aliphatic rings. The molecule has 1 atom stereocenters. The van der Waals surface area contributed by atoms with Crippen LogP contribution in [0.3, 0.4) is 0 Å². The van der Waals surface area contributed by atoms with Crippen molar-refractivity contribution in [3.05, 3.63) is 108 Å². The highest BCUT2D eigenvalue weighted by atomic mass is 16.4.